The van der Waals surface area contributed by atoms with Crippen molar-refractivity contribution in [3.63, 3.8) is 0 Å². The SMILES string of the molecule is O=C(Nc1ccc(N2CCCC2)cc1)c1ccoc1Cl. The molecule has 0 radical (unpaired) electrons. The van der Waals surface area contributed by atoms with Gasteiger partial charge in [-0.1, -0.05) is 0 Å². The maximum Gasteiger partial charge on any atom is 0.260 e. The average Bonchev–Trinajstić information content (AvgIpc) is 3.10. The van der Waals surface area contributed by atoms with Crippen LogP contribution in [-0.2, 0) is 0 Å². The predicted octanol–water partition coefficient (Wildman–Crippen LogP) is 3.79. The first-order chi connectivity index (χ1) is 9.74. The molecular weight excluding hydrogens is 276 g/mol. The first-order valence-electron chi connectivity index (χ1n) is 6.63. The van der Waals surface area contributed by atoms with Crippen molar-refractivity contribution in [2.24, 2.45) is 0 Å². The summed E-state index contributed by atoms with van der Waals surface area (Å²) in [6, 6.07) is 9.41. The molecule has 4 nitrogen and oxygen atoms in total. The largest absolute Gasteiger partial charge is 0.452 e. The third kappa shape index (κ3) is 2.65. The van der Waals surface area contributed by atoms with Gasteiger partial charge in [-0.15, -0.1) is 0 Å². The van der Waals surface area contributed by atoms with Crippen LogP contribution in [0.1, 0.15) is 23.2 Å². The van der Waals surface area contributed by atoms with Crippen LogP contribution in [0.5, 0.6) is 0 Å². The van der Waals surface area contributed by atoms with E-state index < -0.39 is 0 Å². The van der Waals surface area contributed by atoms with Gasteiger partial charge in [0.2, 0.25) is 5.22 Å². The molecule has 1 saturated heterocycles. The van der Waals surface area contributed by atoms with Gasteiger partial charge < -0.3 is 14.6 Å². The van der Waals surface area contributed by atoms with Crippen molar-refractivity contribution < 1.29 is 9.21 Å². The first kappa shape index (κ1) is 13.1. The topological polar surface area (TPSA) is 45.5 Å². The number of anilines is 2. The molecular formula is C15H15ClN2O2. The van der Waals surface area contributed by atoms with Crippen LogP contribution >= 0.6 is 11.6 Å². The lowest BCUT2D eigenvalue weighted by molar-refractivity contribution is 0.102. The second-order valence-corrected chi connectivity index (χ2v) is 5.15. The molecule has 1 aliphatic rings. The Hall–Kier alpha value is -1.94. The molecule has 5 heteroatoms. The molecule has 0 bridgehead atoms. The van der Waals surface area contributed by atoms with Gasteiger partial charge in [-0.05, 0) is 54.8 Å². The third-order valence-electron chi connectivity index (χ3n) is 3.46. The maximum atomic E-state index is 12.0. The first-order valence-corrected chi connectivity index (χ1v) is 7.01. The number of nitrogens with zero attached hydrogens (tertiary/aromatic N) is 1. The Bertz CT molecular complexity index is 601. The number of nitrogens with one attached hydrogen (secondary N) is 1. The molecule has 1 fully saturated rings. The lowest BCUT2D eigenvalue weighted by Gasteiger charge is -2.17. The van der Waals surface area contributed by atoms with Gasteiger partial charge in [0.05, 0.1) is 11.8 Å². The number of rotatable bonds is 3. The van der Waals surface area contributed by atoms with E-state index in [1.165, 1.54) is 24.8 Å². The van der Waals surface area contributed by atoms with Gasteiger partial charge >= 0.3 is 0 Å². The predicted molar refractivity (Wildman–Crippen MR) is 79.6 cm³/mol. The highest BCUT2D eigenvalue weighted by molar-refractivity contribution is 6.32. The minimum Gasteiger partial charge on any atom is -0.452 e. The molecule has 1 aromatic heterocycles. The zero-order valence-electron chi connectivity index (χ0n) is 10.9. The minimum atomic E-state index is -0.266. The third-order valence-corrected chi connectivity index (χ3v) is 3.75. The van der Waals surface area contributed by atoms with E-state index in [0.717, 1.165) is 18.8 Å². The van der Waals surface area contributed by atoms with E-state index in [2.05, 4.69) is 10.2 Å². The van der Waals surface area contributed by atoms with Crippen LogP contribution in [-0.4, -0.2) is 19.0 Å². The van der Waals surface area contributed by atoms with Gasteiger partial charge in [0.25, 0.3) is 5.91 Å². The summed E-state index contributed by atoms with van der Waals surface area (Å²) in [5, 5.41) is 2.91. The number of furan rings is 1. The Morgan fingerprint density at radius 3 is 2.45 bits per heavy atom. The summed E-state index contributed by atoms with van der Waals surface area (Å²) in [4.78, 5) is 14.3. The summed E-state index contributed by atoms with van der Waals surface area (Å²) >= 11 is 5.78. The van der Waals surface area contributed by atoms with Crippen molar-refractivity contribution in [1.82, 2.24) is 0 Å². The second kappa shape index (κ2) is 5.59. The Morgan fingerprint density at radius 2 is 1.85 bits per heavy atom. The minimum absolute atomic E-state index is 0.108. The van der Waals surface area contributed by atoms with Crippen molar-refractivity contribution in [1.29, 1.82) is 0 Å². The van der Waals surface area contributed by atoms with Crippen molar-refractivity contribution >= 4 is 28.9 Å². The highest BCUT2D eigenvalue weighted by Gasteiger charge is 2.14. The molecule has 0 atom stereocenters. The molecule has 0 spiro atoms. The Kier molecular flexibility index (Phi) is 3.65. The van der Waals surface area contributed by atoms with Crippen LogP contribution in [0.2, 0.25) is 5.22 Å². The Balaban J connectivity index is 1.69. The number of hydrogen-bond acceptors (Lipinski definition) is 3. The molecule has 2 aromatic rings. The van der Waals surface area contributed by atoms with E-state index >= 15 is 0 Å². The van der Waals surface area contributed by atoms with Crippen LogP contribution in [0.15, 0.2) is 41.0 Å². The van der Waals surface area contributed by atoms with Gasteiger partial charge in [-0.2, -0.15) is 0 Å². The summed E-state index contributed by atoms with van der Waals surface area (Å²) in [5.41, 5.74) is 2.28. The normalized spacial score (nSPS) is 14.6. The molecule has 1 N–H and O–H groups in total. The Labute approximate surface area is 122 Å². The highest BCUT2D eigenvalue weighted by atomic mass is 35.5. The smallest absolute Gasteiger partial charge is 0.260 e. The summed E-state index contributed by atoms with van der Waals surface area (Å²) in [6.45, 7) is 2.21. The molecule has 0 saturated carbocycles. The fourth-order valence-electron chi connectivity index (χ4n) is 2.39. The standard InChI is InChI=1S/C15H15ClN2O2/c16-14-13(7-10-20-14)15(19)17-11-3-5-12(6-4-11)18-8-1-2-9-18/h3-7,10H,1-2,8-9H2,(H,17,19). The number of hydrogen-bond donors (Lipinski definition) is 1. The van der Waals surface area contributed by atoms with Crippen LogP contribution in [0, 0.1) is 0 Å². The van der Waals surface area contributed by atoms with Crippen molar-refractivity contribution in [2.45, 2.75) is 12.8 Å². The number of benzene rings is 1. The van der Waals surface area contributed by atoms with Gasteiger partial charge in [0.15, 0.2) is 0 Å². The van der Waals surface area contributed by atoms with E-state index in [4.69, 9.17) is 16.0 Å². The van der Waals surface area contributed by atoms with Gasteiger partial charge in [-0.25, -0.2) is 0 Å². The number of halogens is 1. The Morgan fingerprint density at radius 1 is 1.15 bits per heavy atom. The van der Waals surface area contributed by atoms with Gasteiger partial charge in [-0.3, -0.25) is 4.79 Å². The van der Waals surface area contributed by atoms with Crippen LogP contribution in [0.3, 0.4) is 0 Å². The van der Waals surface area contributed by atoms with E-state index in [1.807, 2.05) is 24.3 Å². The fraction of sp³-hybridized carbons (Fsp3) is 0.267. The molecule has 104 valence electrons. The van der Waals surface area contributed by atoms with Crippen LogP contribution in [0.25, 0.3) is 0 Å². The van der Waals surface area contributed by atoms with Gasteiger partial charge in [0, 0.05) is 24.5 Å². The van der Waals surface area contributed by atoms with E-state index in [1.54, 1.807) is 6.07 Å². The van der Waals surface area contributed by atoms with E-state index in [-0.39, 0.29) is 11.1 Å². The molecule has 3 rings (SSSR count). The molecule has 1 aromatic carbocycles. The lowest BCUT2D eigenvalue weighted by Crippen LogP contribution is -2.17. The zero-order chi connectivity index (χ0) is 13.9. The van der Waals surface area contributed by atoms with E-state index in [0.29, 0.717) is 5.56 Å². The lowest BCUT2D eigenvalue weighted by atomic mass is 10.2. The van der Waals surface area contributed by atoms with Crippen molar-refractivity contribution in [2.75, 3.05) is 23.3 Å². The summed E-state index contributed by atoms with van der Waals surface area (Å²) in [6.07, 6.45) is 3.89. The monoisotopic (exact) mass is 290 g/mol. The fourth-order valence-corrected chi connectivity index (χ4v) is 2.59. The molecule has 0 aliphatic carbocycles. The van der Waals surface area contributed by atoms with Crippen molar-refractivity contribution in [3.8, 4) is 0 Å². The average molecular weight is 291 g/mol. The number of carbonyl (C=O) groups is 1. The number of amides is 1. The maximum absolute atomic E-state index is 12.0. The molecule has 0 unspecified atom stereocenters. The molecule has 1 aliphatic heterocycles. The van der Waals surface area contributed by atoms with Crippen LogP contribution < -0.4 is 10.2 Å². The van der Waals surface area contributed by atoms with E-state index in [9.17, 15) is 4.79 Å². The summed E-state index contributed by atoms with van der Waals surface area (Å²) in [5.74, 6) is -0.266. The zero-order valence-corrected chi connectivity index (χ0v) is 11.7. The molecule has 1 amide bonds. The van der Waals surface area contributed by atoms with Crippen molar-refractivity contribution in [3.05, 3.63) is 47.4 Å². The summed E-state index contributed by atoms with van der Waals surface area (Å²) < 4.78 is 4.91. The number of carbonyl (C=O) groups excluding carboxylic acids is 1. The second-order valence-electron chi connectivity index (χ2n) is 4.80. The summed E-state index contributed by atoms with van der Waals surface area (Å²) in [7, 11) is 0. The molecule has 2 heterocycles. The van der Waals surface area contributed by atoms with Gasteiger partial charge in [0.1, 0.15) is 0 Å². The molecule has 20 heavy (non-hydrogen) atoms. The van der Waals surface area contributed by atoms with Crippen LogP contribution in [0.4, 0.5) is 11.4 Å². The highest BCUT2D eigenvalue weighted by Crippen LogP contribution is 2.23. The quantitative estimate of drug-likeness (QED) is 0.935.